The van der Waals surface area contributed by atoms with Crippen LogP contribution >= 0.6 is 0 Å². The summed E-state index contributed by atoms with van der Waals surface area (Å²) in [6.45, 7) is 6.43. The van der Waals surface area contributed by atoms with Crippen molar-refractivity contribution in [2.24, 2.45) is 0 Å². The molecule has 0 spiro atoms. The van der Waals surface area contributed by atoms with Gasteiger partial charge in [-0.25, -0.2) is 9.78 Å². The summed E-state index contributed by atoms with van der Waals surface area (Å²) in [6.07, 6.45) is 7.97. The topological polar surface area (TPSA) is 42.4 Å². The number of anilines is 1. The van der Waals surface area contributed by atoms with Crippen molar-refractivity contribution in [1.29, 1.82) is 0 Å². The number of hydrogen-bond donors (Lipinski definition) is 0. The summed E-state index contributed by atoms with van der Waals surface area (Å²) in [5, 5.41) is 0. The molecule has 0 amide bonds. The van der Waals surface area contributed by atoms with Crippen molar-refractivity contribution in [3.8, 4) is 11.1 Å². The zero-order valence-electron chi connectivity index (χ0n) is 17.7. The van der Waals surface area contributed by atoms with E-state index in [2.05, 4.69) is 36.1 Å². The first-order valence-corrected chi connectivity index (χ1v) is 11.3. The second-order valence-corrected chi connectivity index (χ2v) is 8.15. The van der Waals surface area contributed by atoms with Gasteiger partial charge in [-0.05, 0) is 45.1 Å². The van der Waals surface area contributed by atoms with Gasteiger partial charge in [0, 0.05) is 30.1 Å². The molecule has 0 radical (unpaired) electrons. The fourth-order valence-corrected chi connectivity index (χ4v) is 4.99. The Morgan fingerprint density at radius 3 is 2.55 bits per heavy atom. The summed E-state index contributed by atoms with van der Waals surface area (Å²) in [6, 6.07) is 10.4. The number of aromatic nitrogens is 1. The number of pyridine rings is 1. The van der Waals surface area contributed by atoms with E-state index in [1.165, 1.54) is 24.8 Å². The lowest BCUT2D eigenvalue weighted by Crippen LogP contribution is -2.32. The van der Waals surface area contributed by atoms with Crippen LogP contribution in [0, 0.1) is 0 Å². The molecule has 154 valence electrons. The molecule has 29 heavy (non-hydrogen) atoms. The van der Waals surface area contributed by atoms with E-state index in [9.17, 15) is 4.79 Å². The zero-order valence-corrected chi connectivity index (χ0v) is 17.7. The van der Waals surface area contributed by atoms with Crippen molar-refractivity contribution < 1.29 is 9.53 Å². The predicted octanol–water partition coefficient (Wildman–Crippen LogP) is 5.75. The first kappa shape index (κ1) is 19.9. The summed E-state index contributed by atoms with van der Waals surface area (Å²) in [5.41, 5.74) is 5.08. The second-order valence-electron chi connectivity index (χ2n) is 8.15. The van der Waals surface area contributed by atoms with Crippen LogP contribution in [0.2, 0.25) is 0 Å². The molecule has 4 heteroatoms. The van der Waals surface area contributed by atoms with Gasteiger partial charge in [0.25, 0.3) is 0 Å². The minimum Gasteiger partial charge on any atom is -0.462 e. The first-order valence-electron chi connectivity index (χ1n) is 11.3. The quantitative estimate of drug-likeness (QED) is 0.608. The van der Waals surface area contributed by atoms with Gasteiger partial charge in [0.05, 0.1) is 17.9 Å². The molecule has 0 atom stereocenters. The molecule has 1 fully saturated rings. The van der Waals surface area contributed by atoms with Gasteiger partial charge in [0.2, 0.25) is 0 Å². The fraction of sp³-hybridized carbons (Fsp3) is 0.520. The Bertz CT molecular complexity index is 857. The normalized spacial score (nSPS) is 17.1. The average molecular weight is 393 g/mol. The molecule has 2 aromatic rings. The van der Waals surface area contributed by atoms with Crippen LogP contribution in [0.4, 0.5) is 5.82 Å². The first-order chi connectivity index (χ1) is 14.2. The van der Waals surface area contributed by atoms with Crippen molar-refractivity contribution in [3.05, 3.63) is 47.2 Å². The molecule has 4 nitrogen and oxygen atoms in total. The highest BCUT2D eigenvalue weighted by atomic mass is 16.5. The van der Waals surface area contributed by atoms with Crippen molar-refractivity contribution in [2.45, 2.75) is 64.7 Å². The molecule has 1 aromatic carbocycles. The van der Waals surface area contributed by atoms with Gasteiger partial charge in [0.1, 0.15) is 5.82 Å². The number of carbonyl (C=O) groups is 1. The molecule has 2 heterocycles. The van der Waals surface area contributed by atoms with Gasteiger partial charge in [-0.1, -0.05) is 49.6 Å². The number of fused-ring (bicyclic) bond motifs is 1. The van der Waals surface area contributed by atoms with Crippen LogP contribution in [-0.2, 0) is 11.2 Å². The Hall–Kier alpha value is -2.36. The molecule has 1 aliphatic carbocycles. The third-order valence-electron chi connectivity index (χ3n) is 6.37. The van der Waals surface area contributed by atoms with Gasteiger partial charge < -0.3 is 9.64 Å². The standard InChI is InChI=1S/C25H32N2O2/c1-3-27-17-11-16-20-21(18-12-7-5-8-13-18)22(25(28)29-4-2)23(26-24(20)27)19-14-9-6-10-15-19/h5,7-8,12-13,19H,3-4,6,9-11,14-17H2,1-2H3. The molecule has 0 N–H and O–H groups in total. The molecule has 0 saturated heterocycles. The molecule has 1 saturated carbocycles. The van der Waals surface area contributed by atoms with Crippen molar-refractivity contribution in [1.82, 2.24) is 4.98 Å². The molecule has 4 rings (SSSR count). The van der Waals surface area contributed by atoms with E-state index in [1.807, 2.05) is 13.0 Å². The van der Waals surface area contributed by atoms with Gasteiger partial charge in [0.15, 0.2) is 0 Å². The van der Waals surface area contributed by atoms with Crippen molar-refractivity contribution >= 4 is 11.8 Å². The molecule has 1 aliphatic heterocycles. The van der Waals surface area contributed by atoms with Gasteiger partial charge in [-0.15, -0.1) is 0 Å². The van der Waals surface area contributed by atoms with Crippen LogP contribution in [0.1, 0.15) is 79.9 Å². The van der Waals surface area contributed by atoms with Gasteiger partial charge >= 0.3 is 5.97 Å². The van der Waals surface area contributed by atoms with E-state index in [-0.39, 0.29) is 5.97 Å². The van der Waals surface area contributed by atoms with E-state index >= 15 is 0 Å². The Labute approximate surface area is 174 Å². The molecule has 2 aliphatic rings. The summed E-state index contributed by atoms with van der Waals surface area (Å²) in [5.74, 6) is 1.22. The van der Waals surface area contributed by atoms with Crippen LogP contribution in [0.5, 0.6) is 0 Å². The molecule has 0 bridgehead atoms. The van der Waals surface area contributed by atoms with Gasteiger partial charge in [-0.2, -0.15) is 0 Å². The van der Waals surface area contributed by atoms with Crippen LogP contribution in [0.15, 0.2) is 30.3 Å². The molecule has 1 aromatic heterocycles. The lowest BCUT2D eigenvalue weighted by molar-refractivity contribution is 0.0524. The number of rotatable bonds is 5. The Balaban J connectivity index is 2.00. The summed E-state index contributed by atoms with van der Waals surface area (Å²) in [7, 11) is 0. The van der Waals surface area contributed by atoms with E-state index in [4.69, 9.17) is 9.72 Å². The third kappa shape index (κ3) is 3.90. The number of nitrogens with zero attached hydrogens (tertiary/aromatic N) is 2. The number of hydrogen-bond acceptors (Lipinski definition) is 4. The SMILES string of the molecule is CCOC(=O)c1c(C2CCCCC2)nc2c(c1-c1ccccc1)CCCN2CC. The minimum absolute atomic E-state index is 0.212. The van der Waals surface area contributed by atoms with Crippen LogP contribution in [-0.4, -0.2) is 30.6 Å². The smallest absolute Gasteiger partial charge is 0.340 e. The lowest BCUT2D eigenvalue weighted by atomic mass is 9.81. The molecule has 0 unspecified atom stereocenters. The highest BCUT2D eigenvalue weighted by molar-refractivity contribution is 6.00. The van der Waals surface area contributed by atoms with Crippen LogP contribution < -0.4 is 4.90 Å². The molecular formula is C25H32N2O2. The van der Waals surface area contributed by atoms with Crippen molar-refractivity contribution in [2.75, 3.05) is 24.6 Å². The van der Waals surface area contributed by atoms with E-state index < -0.39 is 0 Å². The number of benzene rings is 1. The summed E-state index contributed by atoms with van der Waals surface area (Å²) in [4.78, 5) is 20.8. The monoisotopic (exact) mass is 392 g/mol. The Morgan fingerprint density at radius 1 is 1.10 bits per heavy atom. The largest absolute Gasteiger partial charge is 0.462 e. The summed E-state index contributed by atoms with van der Waals surface area (Å²) < 4.78 is 5.57. The third-order valence-corrected chi connectivity index (χ3v) is 6.37. The van der Waals surface area contributed by atoms with Gasteiger partial charge in [-0.3, -0.25) is 0 Å². The number of ether oxygens (including phenoxy) is 1. The fourth-order valence-electron chi connectivity index (χ4n) is 4.99. The lowest BCUT2D eigenvalue weighted by Gasteiger charge is -2.34. The second kappa shape index (κ2) is 8.98. The Morgan fingerprint density at radius 2 is 1.86 bits per heavy atom. The van der Waals surface area contributed by atoms with E-state index in [1.54, 1.807) is 0 Å². The number of esters is 1. The number of carbonyl (C=O) groups excluding carboxylic acids is 1. The average Bonchev–Trinajstić information content (AvgIpc) is 2.78. The minimum atomic E-state index is -0.212. The zero-order chi connectivity index (χ0) is 20.2. The van der Waals surface area contributed by atoms with Crippen LogP contribution in [0.25, 0.3) is 11.1 Å². The maximum atomic E-state index is 13.3. The highest BCUT2D eigenvalue weighted by Crippen LogP contribution is 2.43. The maximum Gasteiger partial charge on any atom is 0.340 e. The predicted molar refractivity (Wildman–Crippen MR) is 118 cm³/mol. The van der Waals surface area contributed by atoms with E-state index in [0.29, 0.717) is 12.5 Å². The van der Waals surface area contributed by atoms with Crippen molar-refractivity contribution in [3.63, 3.8) is 0 Å². The highest BCUT2D eigenvalue weighted by Gasteiger charge is 2.32. The maximum absolute atomic E-state index is 13.3. The van der Waals surface area contributed by atoms with Crippen LogP contribution in [0.3, 0.4) is 0 Å². The summed E-state index contributed by atoms with van der Waals surface area (Å²) >= 11 is 0. The Kier molecular flexibility index (Phi) is 6.17. The van der Waals surface area contributed by atoms with E-state index in [0.717, 1.165) is 67.0 Å². The molecular weight excluding hydrogens is 360 g/mol.